The fourth-order valence-corrected chi connectivity index (χ4v) is 3.16. The maximum Gasteiger partial charge on any atom is 0.315 e. The van der Waals surface area contributed by atoms with E-state index < -0.39 is 0 Å². The van der Waals surface area contributed by atoms with E-state index in [9.17, 15) is 9.90 Å². The first-order valence-corrected chi connectivity index (χ1v) is 8.35. The second-order valence-electron chi connectivity index (χ2n) is 6.61. The van der Waals surface area contributed by atoms with Crippen molar-refractivity contribution >= 4 is 6.03 Å². The van der Waals surface area contributed by atoms with Crippen LogP contribution in [0, 0.1) is 5.41 Å². The number of nitrogens with one attached hydrogen (secondary N) is 2. The number of hydrogen-bond donors (Lipinski definition) is 3. The summed E-state index contributed by atoms with van der Waals surface area (Å²) < 4.78 is 5.13. The smallest absolute Gasteiger partial charge is 0.315 e. The Balaban J connectivity index is 1.66. The van der Waals surface area contributed by atoms with Crippen molar-refractivity contribution in [3.05, 3.63) is 29.8 Å². The standard InChI is InChI=1S/C18H28N2O3/c1-18(13-21)11-3-6-16(18)20-17(22)19-12-4-5-14-7-9-15(23-2)10-8-14/h7-10,16,21H,3-6,11-13H2,1-2H3,(H2,19,20,22). The lowest BCUT2D eigenvalue weighted by Gasteiger charge is -2.30. The molecule has 1 saturated carbocycles. The minimum absolute atomic E-state index is 0.0640. The number of aliphatic hydroxyl groups is 1. The Bertz CT molecular complexity index is 503. The summed E-state index contributed by atoms with van der Waals surface area (Å²) in [4.78, 5) is 12.0. The van der Waals surface area contributed by atoms with E-state index in [1.807, 2.05) is 31.2 Å². The van der Waals surface area contributed by atoms with E-state index >= 15 is 0 Å². The minimum Gasteiger partial charge on any atom is -0.497 e. The van der Waals surface area contributed by atoms with Crippen molar-refractivity contribution in [2.45, 2.75) is 45.1 Å². The van der Waals surface area contributed by atoms with Gasteiger partial charge < -0.3 is 20.5 Å². The molecule has 0 spiro atoms. The normalized spacial score (nSPS) is 23.5. The van der Waals surface area contributed by atoms with Gasteiger partial charge in [0, 0.05) is 18.0 Å². The van der Waals surface area contributed by atoms with Gasteiger partial charge in [-0.3, -0.25) is 0 Å². The second kappa shape index (κ2) is 8.20. The molecule has 0 saturated heterocycles. The molecule has 1 fully saturated rings. The van der Waals surface area contributed by atoms with Crippen LogP contribution in [0.1, 0.15) is 38.2 Å². The average molecular weight is 320 g/mol. The van der Waals surface area contributed by atoms with E-state index in [-0.39, 0.29) is 24.1 Å². The molecule has 2 unspecified atom stereocenters. The lowest BCUT2D eigenvalue weighted by molar-refractivity contribution is 0.121. The number of urea groups is 1. The third kappa shape index (κ3) is 4.86. The zero-order valence-electron chi connectivity index (χ0n) is 14.1. The molecule has 3 N–H and O–H groups in total. The van der Waals surface area contributed by atoms with Crippen molar-refractivity contribution in [1.29, 1.82) is 0 Å². The Kier molecular flexibility index (Phi) is 6.28. The monoisotopic (exact) mass is 320 g/mol. The number of methoxy groups -OCH3 is 1. The predicted molar refractivity (Wildman–Crippen MR) is 90.7 cm³/mol. The summed E-state index contributed by atoms with van der Waals surface area (Å²) in [6.45, 7) is 2.80. The molecule has 0 heterocycles. The number of amides is 2. The van der Waals surface area contributed by atoms with Crippen LogP contribution < -0.4 is 15.4 Å². The molecule has 5 heteroatoms. The fourth-order valence-electron chi connectivity index (χ4n) is 3.16. The topological polar surface area (TPSA) is 70.6 Å². The number of carbonyl (C=O) groups is 1. The molecule has 2 amide bonds. The zero-order valence-corrected chi connectivity index (χ0v) is 14.1. The van der Waals surface area contributed by atoms with Gasteiger partial charge in [-0.15, -0.1) is 0 Å². The number of hydrogen-bond acceptors (Lipinski definition) is 3. The van der Waals surface area contributed by atoms with Crippen molar-refractivity contribution in [2.24, 2.45) is 5.41 Å². The highest BCUT2D eigenvalue weighted by atomic mass is 16.5. The van der Waals surface area contributed by atoms with Gasteiger partial charge in [-0.05, 0) is 43.4 Å². The van der Waals surface area contributed by atoms with Crippen LogP contribution in [-0.2, 0) is 6.42 Å². The molecular weight excluding hydrogens is 292 g/mol. The van der Waals surface area contributed by atoms with E-state index in [1.54, 1.807) is 7.11 Å². The molecule has 23 heavy (non-hydrogen) atoms. The Morgan fingerprint density at radius 3 is 2.78 bits per heavy atom. The Morgan fingerprint density at radius 1 is 1.39 bits per heavy atom. The molecule has 1 aliphatic carbocycles. The van der Waals surface area contributed by atoms with Crippen LogP contribution in [0.3, 0.4) is 0 Å². The van der Waals surface area contributed by atoms with Gasteiger partial charge in [0.05, 0.1) is 13.7 Å². The molecule has 1 aliphatic rings. The number of rotatable bonds is 7. The molecule has 2 atom stereocenters. The highest BCUT2D eigenvalue weighted by Gasteiger charge is 2.38. The lowest BCUT2D eigenvalue weighted by atomic mass is 9.86. The van der Waals surface area contributed by atoms with Gasteiger partial charge >= 0.3 is 6.03 Å². The fraction of sp³-hybridized carbons (Fsp3) is 0.611. The van der Waals surface area contributed by atoms with Crippen molar-refractivity contribution in [3.63, 3.8) is 0 Å². The first-order valence-electron chi connectivity index (χ1n) is 8.35. The second-order valence-corrected chi connectivity index (χ2v) is 6.61. The van der Waals surface area contributed by atoms with Gasteiger partial charge in [-0.2, -0.15) is 0 Å². The van der Waals surface area contributed by atoms with Crippen LogP contribution in [0.25, 0.3) is 0 Å². The minimum atomic E-state index is -0.180. The number of aliphatic hydroxyl groups excluding tert-OH is 1. The molecular formula is C18H28N2O3. The highest BCUT2D eigenvalue weighted by molar-refractivity contribution is 5.74. The third-order valence-electron chi connectivity index (χ3n) is 4.84. The summed E-state index contributed by atoms with van der Waals surface area (Å²) >= 11 is 0. The quantitative estimate of drug-likeness (QED) is 0.676. The summed E-state index contributed by atoms with van der Waals surface area (Å²) in [6, 6.07) is 7.92. The van der Waals surface area contributed by atoms with Crippen LogP contribution in [0.15, 0.2) is 24.3 Å². The summed E-state index contributed by atoms with van der Waals surface area (Å²) in [5, 5.41) is 15.4. The SMILES string of the molecule is COc1ccc(CCCNC(=O)NC2CCCC2(C)CO)cc1. The van der Waals surface area contributed by atoms with E-state index in [2.05, 4.69) is 10.6 Å². The Morgan fingerprint density at radius 2 is 2.13 bits per heavy atom. The van der Waals surface area contributed by atoms with Gasteiger partial charge in [0.15, 0.2) is 0 Å². The third-order valence-corrected chi connectivity index (χ3v) is 4.84. The van der Waals surface area contributed by atoms with Gasteiger partial charge in [-0.25, -0.2) is 4.79 Å². The number of carbonyl (C=O) groups excluding carboxylic acids is 1. The molecule has 2 rings (SSSR count). The lowest BCUT2D eigenvalue weighted by Crippen LogP contribution is -2.48. The van der Waals surface area contributed by atoms with Gasteiger partial charge in [0.1, 0.15) is 5.75 Å². The van der Waals surface area contributed by atoms with Gasteiger partial charge in [0.2, 0.25) is 0 Å². The largest absolute Gasteiger partial charge is 0.497 e. The van der Waals surface area contributed by atoms with E-state index in [1.165, 1.54) is 5.56 Å². The Labute approximate surface area is 138 Å². The molecule has 1 aromatic carbocycles. The van der Waals surface area contributed by atoms with E-state index in [4.69, 9.17) is 4.74 Å². The number of benzene rings is 1. The number of aryl methyl sites for hydroxylation is 1. The first-order chi connectivity index (χ1) is 11.1. The van der Waals surface area contributed by atoms with Gasteiger partial charge in [-0.1, -0.05) is 25.5 Å². The molecule has 0 aromatic heterocycles. The summed E-state index contributed by atoms with van der Waals surface area (Å²) in [5.74, 6) is 0.856. The van der Waals surface area contributed by atoms with Crippen molar-refractivity contribution < 1.29 is 14.6 Å². The van der Waals surface area contributed by atoms with Crippen LogP contribution in [0.4, 0.5) is 4.79 Å². The molecule has 128 valence electrons. The van der Waals surface area contributed by atoms with Crippen LogP contribution in [-0.4, -0.2) is 37.4 Å². The van der Waals surface area contributed by atoms with E-state index in [0.29, 0.717) is 6.54 Å². The summed E-state index contributed by atoms with van der Waals surface area (Å²) in [7, 11) is 1.66. The van der Waals surface area contributed by atoms with Crippen molar-refractivity contribution in [2.75, 3.05) is 20.3 Å². The molecule has 0 bridgehead atoms. The van der Waals surface area contributed by atoms with Crippen molar-refractivity contribution in [3.8, 4) is 5.75 Å². The van der Waals surface area contributed by atoms with E-state index in [0.717, 1.165) is 37.9 Å². The highest BCUT2D eigenvalue weighted by Crippen LogP contribution is 2.37. The van der Waals surface area contributed by atoms with Crippen LogP contribution >= 0.6 is 0 Å². The summed E-state index contributed by atoms with van der Waals surface area (Å²) in [6.07, 6.45) is 4.77. The molecule has 1 aromatic rings. The molecule has 0 aliphatic heterocycles. The van der Waals surface area contributed by atoms with Crippen molar-refractivity contribution in [1.82, 2.24) is 10.6 Å². The Hall–Kier alpha value is -1.75. The maximum absolute atomic E-state index is 12.0. The molecule has 0 radical (unpaired) electrons. The average Bonchev–Trinajstić information content (AvgIpc) is 2.93. The van der Waals surface area contributed by atoms with Crippen LogP contribution in [0.2, 0.25) is 0 Å². The molecule has 5 nitrogen and oxygen atoms in total. The predicted octanol–water partition coefficient (Wildman–Crippen LogP) is 2.48. The maximum atomic E-state index is 12.0. The zero-order chi connectivity index (χ0) is 16.7. The first kappa shape index (κ1) is 17.6. The van der Waals surface area contributed by atoms with Gasteiger partial charge in [0.25, 0.3) is 0 Å². The number of ether oxygens (including phenoxy) is 1. The van der Waals surface area contributed by atoms with Crippen LogP contribution in [0.5, 0.6) is 5.75 Å². The summed E-state index contributed by atoms with van der Waals surface area (Å²) in [5.41, 5.74) is 1.05.